The molecule has 2 amide bonds. The van der Waals surface area contributed by atoms with Gasteiger partial charge in [-0.3, -0.25) is 19.2 Å². The van der Waals surface area contributed by atoms with Gasteiger partial charge in [0.25, 0.3) is 0 Å². The molecule has 12 nitrogen and oxygen atoms in total. The van der Waals surface area contributed by atoms with Crippen molar-refractivity contribution in [2.24, 2.45) is 35.5 Å². The third-order valence-electron chi connectivity index (χ3n) is 23.9. The number of nitrogens with zero attached hydrogens (tertiary/aromatic N) is 3. The highest BCUT2D eigenvalue weighted by atomic mass is 16.4. The van der Waals surface area contributed by atoms with Crippen molar-refractivity contribution < 1.29 is 42.8 Å². The van der Waals surface area contributed by atoms with E-state index in [0.29, 0.717) is 41.1 Å². The topological polar surface area (TPSA) is 145 Å². The zero-order valence-corrected chi connectivity index (χ0v) is 71.4. The number of amides is 2. The molecule has 0 radical (unpaired) electrons. The van der Waals surface area contributed by atoms with Gasteiger partial charge >= 0.3 is 11.9 Å². The SMILES string of the molecule is C=C(NCCC[N+](C)(C)CCC(=O)O)C(C)CCC(CCCCCCCCCCCCCCCC)C(CCC(CCCCCCCCCCCCCCCC)C(CCC(C)CCCCCCCCCCCCCCCC)C(=O)NCCC[N+](C)(C)CCC(=O)O)C(=O)NCCC[N+](C)(C)CCCC. The smallest absolute Gasteiger partial charge is 0.309 e. The van der Waals surface area contributed by atoms with E-state index in [9.17, 15) is 19.8 Å². The first-order valence-corrected chi connectivity index (χ1v) is 45.4. The zero-order chi connectivity index (χ0) is 76.3. The van der Waals surface area contributed by atoms with Crippen molar-refractivity contribution in [1.82, 2.24) is 16.0 Å². The minimum absolute atomic E-state index is 0.123. The van der Waals surface area contributed by atoms with Crippen molar-refractivity contribution in [3.8, 4) is 0 Å². The maximum atomic E-state index is 15.5. The van der Waals surface area contributed by atoms with Gasteiger partial charge in [0.15, 0.2) is 0 Å². The van der Waals surface area contributed by atoms with Gasteiger partial charge in [-0.1, -0.05) is 331 Å². The van der Waals surface area contributed by atoms with Crippen LogP contribution in [0.4, 0.5) is 0 Å². The first kappa shape index (κ1) is 100. The molecule has 12 heteroatoms. The molecule has 0 aromatic rings. The summed E-state index contributed by atoms with van der Waals surface area (Å²) in [6.45, 7) is 25.7. The maximum Gasteiger partial charge on any atom is 0.309 e. The summed E-state index contributed by atoms with van der Waals surface area (Å²) in [6, 6.07) is 0. The summed E-state index contributed by atoms with van der Waals surface area (Å²) in [5, 5.41) is 29.8. The van der Waals surface area contributed by atoms with Crippen LogP contribution in [0.25, 0.3) is 0 Å². The number of carboxylic acid groups (broad SMARTS) is 2. The van der Waals surface area contributed by atoms with Crippen LogP contribution in [0.5, 0.6) is 0 Å². The van der Waals surface area contributed by atoms with E-state index in [2.05, 4.69) is 106 Å². The lowest BCUT2D eigenvalue weighted by molar-refractivity contribution is -0.890. The van der Waals surface area contributed by atoms with Gasteiger partial charge in [0.1, 0.15) is 0 Å². The number of nitrogens with one attached hydrogen (secondary N) is 3. The van der Waals surface area contributed by atoms with Crippen LogP contribution in [0.2, 0.25) is 0 Å². The number of unbranched alkanes of at least 4 members (excludes halogenated alkanes) is 40. The van der Waals surface area contributed by atoms with Gasteiger partial charge in [-0.2, -0.15) is 0 Å². The van der Waals surface area contributed by atoms with Gasteiger partial charge in [-0.25, -0.2) is 0 Å². The highest BCUT2D eigenvalue weighted by molar-refractivity contribution is 5.79. The van der Waals surface area contributed by atoms with Crippen LogP contribution < -0.4 is 16.0 Å². The minimum Gasteiger partial charge on any atom is -0.481 e. The summed E-state index contributed by atoms with van der Waals surface area (Å²) in [6.07, 6.45) is 70.3. The second-order valence-electron chi connectivity index (χ2n) is 35.5. The average Bonchev–Trinajstić information content (AvgIpc) is 0.856. The Bertz CT molecular complexity index is 1960. The van der Waals surface area contributed by atoms with Crippen LogP contribution in [0.3, 0.4) is 0 Å². The summed E-state index contributed by atoms with van der Waals surface area (Å²) >= 11 is 0. The molecule has 0 bridgehead atoms. The molecule has 610 valence electrons. The molecule has 0 saturated carbocycles. The van der Waals surface area contributed by atoms with Crippen molar-refractivity contribution in [3.63, 3.8) is 0 Å². The molecule has 0 aromatic heterocycles. The molecule has 0 aliphatic heterocycles. The molecule has 6 unspecified atom stereocenters. The average molecular weight is 1460 g/mol. The lowest BCUT2D eigenvalue weighted by Gasteiger charge is -2.33. The summed E-state index contributed by atoms with van der Waals surface area (Å²) in [5.74, 6) is -0.177. The van der Waals surface area contributed by atoms with Crippen LogP contribution in [-0.2, 0) is 19.2 Å². The summed E-state index contributed by atoms with van der Waals surface area (Å²) in [7, 11) is 13.1. The van der Waals surface area contributed by atoms with Gasteiger partial charge in [-0.15, -0.1) is 0 Å². The fourth-order valence-corrected chi connectivity index (χ4v) is 16.1. The third-order valence-corrected chi connectivity index (χ3v) is 23.9. The molecule has 0 fully saturated rings. The number of quaternary nitrogens is 3. The highest BCUT2D eigenvalue weighted by Gasteiger charge is 2.34. The molecule has 0 aliphatic rings. The number of rotatable bonds is 81. The molecule has 0 spiro atoms. The monoisotopic (exact) mass is 1460 g/mol. The molecular weight excluding hydrogens is 1270 g/mol. The summed E-state index contributed by atoms with van der Waals surface area (Å²) in [4.78, 5) is 53.8. The number of hydrogen-bond acceptors (Lipinski definition) is 5. The van der Waals surface area contributed by atoms with Crippen LogP contribution in [0.1, 0.15) is 414 Å². The Morgan fingerprint density at radius 1 is 0.291 bits per heavy atom. The first-order chi connectivity index (χ1) is 49.5. The lowest BCUT2D eigenvalue weighted by Crippen LogP contribution is -2.44. The number of allylic oxidation sites excluding steroid dienone is 1. The number of carbonyl (C=O) groups is 4. The molecule has 103 heavy (non-hydrogen) atoms. The van der Waals surface area contributed by atoms with Gasteiger partial charge in [0, 0.05) is 56.4 Å². The Hall–Kier alpha value is -2.70. The second kappa shape index (κ2) is 68.6. The Kier molecular flexibility index (Phi) is 66.8. The summed E-state index contributed by atoms with van der Waals surface area (Å²) < 4.78 is 2.26. The first-order valence-electron chi connectivity index (χ1n) is 45.4. The largest absolute Gasteiger partial charge is 0.481 e. The van der Waals surface area contributed by atoms with Crippen LogP contribution in [0.15, 0.2) is 12.3 Å². The molecule has 5 N–H and O–H groups in total. The number of carboxylic acids is 2. The van der Waals surface area contributed by atoms with Crippen molar-refractivity contribution in [1.29, 1.82) is 0 Å². The van der Waals surface area contributed by atoms with E-state index in [1.165, 1.54) is 276 Å². The lowest BCUT2D eigenvalue weighted by atomic mass is 9.74. The van der Waals surface area contributed by atoms with E-state index in [1.807, 2.05) is 0 Å². The Morgan fingerprint density at radius 2 is 0.544 bits per heavy atom. The highest BCUT2D eigenvalue weighted by Crippen LogP contribution is 2.37. The quantitative estimate of drug-likeness (QED) is 0.0301. The van der Waals surface area contributed by atoms with Crippen LogP contribution >= 0.6 is 0 Å². The minimum atomic E-state index is -0.764. The Labute approximate surface area is 642 Å². The van der Waals surface area contributed by atoms with Gasteiger partial charge in [0.05, 0.1) is 94.4 Å². The van der Waals surface area contributed by atoms with Crippen molar-refractivity contribution >= 4 is 23.8 Å². The predicted molar refractivity (Wildman–Crippen MR) is 447 cm³/mol. The van der Waals surface area contributed by atoms with Gasteiger partial charge < -0.3 is 39.6 Å². The molecule has 0 aliphatic carbocycles. The fraction of sp³-hybridized carbons (Fsp3) is 0.934. The standard InChI is InChI=1S/C91H180N6O6/c1-14-18-22-25-28-31-34-37-40-43-46-49-52-55-61-81(5)64-68-86(90(102)93-74-60-78-97(12,13)80-71-89(100)101)85(63-57-54-51-48-45-42-39-36-33-30-27-24-20-16-3)67-69-87(91(103)94-73-59-76-95(8,9)75-21-17-4)84(62-56-53-50-47-44-41-38-35-32-29-26-23-19-15-2)66-65-82(6)83(7)92-72-58-77-96(10,11)79-70-88(98)99/h81-82,84-87,92H,7,14-80H2,1-6,8-13H3,(H-3,93,94,98,99,100,101,102,103)/p+3. The Balaban J connectivity index is 7.18. The number of aliphatic carboxylic acids is 2. The number of carbonyl (C=O) groups excluding carboxylic acids is 2. The van der Waals surface area contributed by atoms with Crippen LogP contribution in [0, 0.1) is 35.5 Å². The van der Waals surface area contributed by atoms with E-state index < -0.39 is 11.9 Å². The molecule has 0 heterocycles. The van der Waals surface area contributed by atoms with Crippen LogP contribution in [-0.4, -0.2) is 149 Å². The van der Waals surface area contributed by atoms with E-state index >= 15 is 9.59 Å². The number of hydrogen-bond donors (Lipinski definition) is 5. The van der Waals surface area contributed by atoms with E-state index in [1.54, 1.807) is 0 Å². The van der Waals surface area contributed by atoms with Crippen molar-refractivity contribution in [2.45, 2.75) is 414 Å². The second-order valence-corrected chi connectivity index (χ2v) is 35.5. The predicted octanol–water partition coefficient (Wildman–Crippen LogP) is 24.2. The normalized spacial score (nSPS) is 13.9. The molecule has 0 rings (SSSR count). The molecule has 0 saturated heterocycles. The maximum absolute atomic E-state index is 15.5. The van der Waals surface area contributed by atoms with Gasteiger partial charge in [-0.05, 0) is 81.5 Å². The van der Waals surface area contributed by atoms with E-state index in [-0.39, 0.29) is 54.2 Å². The zero-order valence-electron chi connectivity index (χ0n) is 71.4. The van der Waals surface area contributed by atoms with Crippen molar-refractivity contribution in [3.05, 3.63) is 12.3 Å². The van der Waals surface area contributed by atoms with Gasteiger partial charge in [0.2, 0.25) is 11.8 Å². The van der Waals surface area contributed by atoms with E-state index in [4.69, 9.17) is 0 Å². The van der Waals surface area contributed by atoms with Crippen molar-refractivity contribution in [2.75, 3.05) is 101 Å². The molecule has 6 atom stereocenters. The van der Waals surface area contributed by atoms with E-state index in [0.717, 1.165) is 126 Å². The third kappa shape index (κ3) is 63.9. The summed E-state index contributed by atoms with van der Waals surface area (Å²) in [5.41, 5.74) is 1.05. The fourth-order valence-electron chi connectivity index (χ4n) is 16.1. The Morgan fingerprint density at radius 3 is 0.854 bits per heavy atom. The molecular formula is C91H183N6O6+3. The molecule has 0 aromatic carbocycles.